The molecule has 2 aromatic carbocycles. The zero-order chi connectivity index (χ0) is 15.1. The van der Waals surface area contributed by atoms with E-state index in [0.717, 1.165) is 22.6 Å². The van der Waals surface area contributed by atoms with Gasteiger partial charge in [0.15, 0.2) is 0 Å². The standard InChI is InChI=1S/C18H16N2O2/c21-15-7-1-12(2-8-15)17-11-20(14-5-6-14)18(19-17)13-3-9-16(22)10-4-13/h1-4,7-11,14,21-22H,5-6H2. The highest BCUT2D eigenvalue weighted by Crippen LogP contribution is 2.40. The van der Waals surface area contributed by atoms with Gasteiger partial charge in [-0.15, -0.1) is 0 Å². The first-order chi connectivity index (χ1) is 10.7. The number of hydrogen-bond donors (Lipinski definition) is 2. The Bertz CT molecular complexity index is 800. The molecule has 1 aliphatic rings. The Hall–Kier alpha value is -2.75. The van der Waals surface area contributed by atoms with Gasteiger partial charge in [0.2, 0.25) is 0 Å². The van der Waals surface area contributed by atoms with Crippen molar-refractivity contribution in [2.24, 2.45) is 0 Å². The summed E-state index contributed by atoms with van der Waals surface area (Å²) in [5.74, 6) is 1.43. The van der Waals surface area contributed by atoms with Crippen molar-refractivity contribution in [1.29, 1.82) is 0 Å². The quantitative estimate of drug-likeness (QED) is 0.768. The van der Waals surface area contributed by atoms with Gasteiger partial charge in [-0.05, 0) is 61.4 Å². The predicted molar refractivity (Wildman–Crippen MR) is 84.7 cm³/mol. The van der Waals surface area contributed by atoms with Crippen LogP contribution in [0.4, 0.5) is 0 Å². The SMILES string of the molecule is Oc1ccc(-c2cn(C3CC3)c(-c3ccc(O)cc3)n2)cc1. The molecular formula is C18H16N2O2. The molecule has 110 valence electrons. The smallest absolute Gasteiger partial charge is 0.140 e. The van der Waals surface area contributed by atoms with Crippen molar-refractivity contribution in [2.75, 3.05) is 0 Å². The van der Waals surface area contributed by atoms with Crippen molar-refractivity contribution >= 4 is 0 Å². The van der Waals surface area contributed by atoms with Crippen LogP contribution in [0.15, 0.2) is 54.7 Å². The van der Waals surface area contributed by atoms with Crippen LogP contribution in [0.3, 0.4) is 0 Å². The molecule has 0 saturated heterocycles. The van der Waals surface area contributed by atoms with E-state index in [-0.39, 0.29) is 11.5 Å². The zero-order valence-electron chi connectivity index (χ0n) is 12.0. The summed E-state index contributed by atoms with van der Waals surface area (Å²) < 4.78 is 2.22. The van der Waals surface area contributed by atoms with Crippen LogP contribution in [-0.4, -0.2) is 19.8 Å². The number of nitrogens with zero attached hydrogens (tertiary/aromatic N) is 2. The summed E-state index contributed by atoms with van der Waals surface area (Å²) in [6.45, 7) is 0. The van der Waals surface area contributed by atoms with Gasteiger partial charge in [0, 0.05) is 23.4 Å². The van der Waals surface area contributed by atoms with Crippen LogP contribution in [0.2, 0.25) is 0 Å². The zero-order valence-corrected chi connectivity index (χ0v) is 12.0. The van der Waals surface area contributed by atoms with E-state index in [0.29, 0.717) is 6.04 Å². The molecule has 0 radical (unpaired) electrons. The molecule has 1 saturated carbocycles. The topological polar surface area (TPSA) is 58.3 Å². The minimum absolute atomic E-state index is 0.254. The molecule has 2 N–H and O–H groups in total. The van der Waals surface area contributed by atoms with Crippen LogP contribution in [0.5, 0.6) is 11.5 Å². The number of aromatic nitrogens is 2. The first-order valence-corrected chi connectivity index (χ1v) is 7.38. The van der Waals surface area contributed by atoms with Crippen LogP contribution in [0.1, 0.15) is 18.9 Å². The maximum absolute atomic E-state index is 9.45. The summed E-state index contributed by atoms with van der Waals surface area (Å²) in [6, 6.07) is 14.7. The van der Waals surface area contributed by atoms with Gasteiger partial charge in [-0.2, -0.15) is 0 Å². The van der Waals surface area contributed by atoms with Gasteiger partial charge in [0.25, 0.3) is 0 Å². The molecule has 4 nitrogen and oxygen atoms in total. The fourth-order valence-corrected chi connectivity index (χ4v) is 2.62. The lowest BCUT2D eigenvalue weighted by Gasteiger charge is -2.05. The van der Waals surface area contributed by atoms with E-state index in [1.54, 1.807) is 24.3 Å². The third kappa shape index (κ3) is 2.33. The first-order valence-electron chi connectivity index (χ1n) is 7.38. The van der Waals surface area contributed by atoms with E-state index in [1.807, 2.05) is 24.3 Å². The molecule has 22 heavy (non-hydrogen) atoms. The summed E-state index contributed by atoms with van der Waals surface area (Å²) in [5.41, 5.74) is 2.88. The number of benzene rings is 2. The number of aromatic hydroxyl groups is 2. The molecule has 1 heterocycles. The maximum atomic E-state index is 9.45. The van der Waals surface area contributed by atoms with Gasteiger partial charge in [-0.25, -0.2) is 4.98 Å². The molecule has 0 unspecified atom stereocenters. The van der Waals surface area contributed by atoms with Crippen molar-refractivity contribution in [3.05, 3.63) is 54.7 Å². The second-order valence-corrected chi connectivity index (χ2v) is 5.68. The average molecular weight is 292 g/mol. The Morgan fingerprint density at radius 1 is 0.818 bits per heavy atom. The Morgan fingerprint density at radius 3 is 1.91 bits per heavy atom. The van der Waals surface area contributed by atoms with Crippen LogP contribution >= 0.6 is 0 Å². The molecule has 1 aromatic heterocycles. The lowest BCUT2D eigenvalue weighted by molar-refractivity contribution is 0.475. The molecule has 3 aromatic rings. The second-order valence-electron chi connectivity index (χ2n) is 5.68. The second kappa shape index (κ2) is 4.91. The van der Waals surface area contributed by atoms with E-state index < -0.39 is 0 Å². The number of imidazole rings is 1. The van der Waals surface area contributed by atoms with Crippen LogP contribution < -0.4 is 0 Å². The third-order valence-corrected chi connectivity index (χ3v) is 3.96. The summed E-state index contributed by atoms with van der Waals surface area (Å²) >= 11 is 0. The number of phenolic OH excluding ortho intramolecular Hbond substituents is 2. The van der Waals surface area contributed by atoms with Crippen molar-refractivity contribution in [1.82, 2.24) is 9.55 Å². The average Bonchev–Trinajstić information content (AvgIpc) is 3.28. The Balaban J connectivity index is 1.80. The van der Waals surface area contributed by atoms with E-state index in [4.69, 9.17) is 4.98 Å². The number of phenols is 2. The van der Waals surface area contributed by atoms with Crippen molar-refractivity contribution in [3.8, 4) is 34.1 Å². The molecule has 4 heteroatoms. The molecule has 0 aliphatic heterocycles. The van der Waals surface area contributed by atoms with Crippen molar-refractivity contribution in [3.63, 3.8) is 0 Å². The lowest BCUT2D eigenvalue weighted by Crippen LogP contribution is -1.95. The van der Waals surface area contributed by atoms with E-state index >= 15 is 0 Å². The molecule has 4 rings (SSSR count). The largest absolute Gasteiger partial charge is 0.508 e. The third-order valence-electron chi connectivity index (χ3n) is 3.96. The summed E-state index contributed by atoms with van der Waals surface area (Å²) in [5, 5.41) is 18.9. The highest BCUT2D eigenvalue weighted by Gasteiger charge is 2.27. The fourth-order valence-electron chi connectivity index (χ4n) is 2.62. The fraction of sp³-hybridized carbons (Fsp3) is 0.167. The van der Waals surface area contributed by atoms with Gasteiger partial charge in [0.1, 0.15) is 17.3 Å². The normalized spacial score (nSPS) is 14.2. The minimum Gasteiger partial charge on any atom is -0.508 e. The van der Waals surface area contributed by atoms with Gasteiger partial charge in [-0.3, -0.25) is 0 Å². The van der Waals surface area contributed by atoms with E-state index in [1.165, 1.54) is 12.8 Å². The van der Waals surface area contributed by atoms with Gasteiger partial charge in [0.05, 0.1) is 5.69 Å². The lowest BCUT2D eigenvalue weighted by atomic mass is 10.1. The monoisotopic (exact) mass is 292 g/mol. The van der Waals surface area contributed by atoms with Gasteiger partial charge < -0.3 is 14.8 Å². The highest BCUT2D eigenvalue weighted by atomic mass is 16.3. The molecular weight excluding hydrogens is 276 g/mol. The highest BCUT2D eigenvalue weighted by molar-refractivity contribution is 5.66. The maximum Gasteiger partial charge on any atom is 0.140 e. The van der Waals surface area contributed by atoms with E-state index in [9.17, 15) is 10.2 Å². The van der Waals surface area contributed by atoms with E-state index in [2.05, 4.69) is 10.8 Å². The minimum atomic E-state index is 0.254. The summed E-state index contributed by atoms with van der Waals surface area (Å²) in [7, 11) is 0. The Kier molecular flexibility index (Phi) is 2.89. The van der Waals surface area contributed by atoms with Crippen LogP contribution in [0.25, 0.3) is 22.6 Å². The molecule has 0 bridgehead atoms. The predicted octanol–water partition coefficient (Wildman–Crippen LogP) is 3.96. The van der Waals surface area contributed by atoms with Gasteiger partial charge >= 0.3 is 0 Å². The number of hydrogen-bond acceptors (Lipinski definition) is 3. The Morgan fingerprint density at radius 2 is 1.36 bits per heavy atom. The Labute approximate surface area is 128 Å². The van der Waals surface area contributed by atoms with Crippen LogP contribution in [-0.2, 0) is 0 Å². The molecule has 0 amide bonds. The van der Waals surface area contributed by atoms with Crippen LogP contribution in [0, 0.1) is 0 Å². The first kappa shape index (κ1) is 13.0. The van der Waals surface area contributed by atoms with Gasteiger partial charge in [-0.1, -0.05) is 0 Å². The van der Waals surface area contributed by atoms with Crippen molar-refractivity contribution in [2.45, 2.75) is 18.9 Å². The summed E-state index contributed by atoms with van der Waals surface area (Å²) in [6.07, 6.45) is 4.43. The number of rotatable bonds is 3. The molecule has 1 fully saturated rings. The molecule has 0 atom stereocenters. The molecule has 1 aliphatic carbocycles. The summed E-state index contributed by atoms with van der Waals surface area (Å²) in [4.78, 5) is 4.77. The van der Waals surface area contributed by atoms with Crippen molar-refractivity contribution < 1.29 is 10.2 Å². The molecule has 0 spiro atoms.